The molecule has 1 aliphatic rings. The number of hydrazine groups is 1. The van der Waals surface area contributed by atoms with Crippen molar-refractivity contribution in [2.24, 2.45) is 5.73 Å². The molecule has 0 saturated heterocycles. The normalized spacial score (nSPS) is 12.6. The number of fused-ring (bicyclic) bond motifs is 1. The van der Waals surface area contributed by atoms with Crippen molar-refractivity contribution in [1.82, 2.24) is 5.43 Å². The Morgan fingerprint density at radius 2 is 1.81 bits per heavy atom. The number of rotatable bonds is 2. The molecule has 0 unspecified atom stereocenters. The van der Waals surface area contributed by atoms with E-state index in [1.807, 2.05) is 24.3 Å². The summed E-state index contributed by atoms with van der Waals surface area (Å²) in [4.78, 5) is 12.1. The fraction of sp³-hybridized carbons (Fsp3) is 0.0667. The first kappa shape index (κ1) is 15.5. The van der Waals surface area contributed by atoms with E-state index >= 15 is 0 Å². The molecule has 1 aliphatic heterocycles. The molecule has 0 aromatic heterocycles. The Morgan fingerprint density at radius 3 is 2.48 bits per heavy atom. The highest BCUT2D eigenvalue weighted by Crippen LogP contribution is 2.15. The molecule has 0 bridgehead atoms. The monoisotopic (exact) mass is 365 g/mol. The maximum absolute atomic E-state index is 12.1. The van der Waals surface area contributed by atoms with Crippen LogP contribution in [0.25, 0.3) is 0 Å². The van der Waals surface area contributed by atoms with Crippen LogP contribution in [0.5, 0.6) is 0 Å². The molecule has 1 amide bonds. The van der Waals surface area contributed by atoms with Crippen LogP contribution >= 0.6 is 11.6 Å². The van der Waals surface area contributed by atoms with Crippen LogP contribution in [0.1, 0.15) is 21.5 Å². The van der Waals surface area contributed by atoms with Crippen molar-refractivity contribution in [3.05, 3.63) is 70.2 Å². The van der Waals surface area contributed by atoms with E-state index in [1.54, 1.807) is 28.9 Å². The SMILES string of the molecule is NC1=[N+](NC(=O)c2ccc(Cl)cc2)Cc2ccccc21.[Br-]. The Bertz CT molecular complexity index is 713. The molecule has 0 atom stereocenters. The van der Waals surface area contributed by atoms with Gasteiger partial charge in [0.2, 0.25) is 0 Å². The molecule has 0 spiro atoms. The standard InChI is InChI=1S/C15H12ClN3O.BrH/c16-12-7-5-10(6-8-12)15(20)18-19-9-11-3-1-2-4-13(11)14(19)17;/h1-8,17H,9H2,(H,18,20);1H. The molecule has 3 N–H and O–H groups in total. The number of hydrogen-bond acceptors (Lipinski definition) is 2. The van der Waals surface area contributed by atoms with Crippen molar-refractivity contribution in [1.29, 1.82) is 0 Å². The van der Waals surface area contributed by atoms with Crippen molar-refractivity contribution in [3.8, 4) is 0 Å². The first-order valence-electron chi connectivity index (χ1n) is 6.20. The van der Waals surface area contributed by atoms with Crippen molar-refractivity contribution in [3.63, 3.8) is 0 Å². The van der Waals surface area contributed by atoms with Crippen LogP contribution in [0.15, 0.2) is 48.5 Å². The van der Waals surface area contributed by atoms with Gasteiger partial charge in [-0.15, -0.1) is 0 Å². The average molecular weight is 367 g/mol. The second-order valence-corrected chi connectivity index (χ2v) is 5.01. The predicted octanol–water partition coefficient (Wildman–Crippen LogP) is -1.08. The Hall–Kier alpha value is -1.85. The number of hydrazone groups is 1. The number of amides is 1. The smallest absolute Gasteiger partial charge is 0.299 e. The fourth-order valence-corrected chi connectivity index (χ4v) is 2.32. The van der Waals surface area contributed by atoms with Crippen LogP contribution in [0.2, 0.25) is 5.02 Å². The van der Waals surface area contributed by atoms with Crippen LogP contribution in [0, 0.1) is 0 Å². The van der Waals surface area contributed by atoms with Gasteiger partial charge in [-0.25, -0.2) is 0 Å². The summed E-state index contributed by atoms with van der Waals surface area (Å²) in [6.07, 6.45) is 0. The lowest BCUT2D eigenvalue weighted by Gasteiger charge is -2.05. The average Bonchev–Trinajstić information content (AvgIpc) is 2.77. The lowest BCUT2D eigenvalue weighted by Crippen LogP contribution is -3.00. The number of carbonyl (C=O) groups excluding carboxylic acids is 1. The summed E-state index contributed by atoms with van der Waals surface area (Å²) < 4.78 is 1.65. The number of nitrogens with one attached hydrogen (secondary N) is 1. The zero-order chi connectivity index (χ0) is 14.1. The lowest BCUT2D eigenvalue weighted by atomic mass is 10.1. The van der Waals surface area contributed by atoms with E-state index in [0.717, 1.165) is 11.1 Å². The zero-order valence-electron chi connectivity index (χ0n) is 11.0. The van der Waals surface area contributed by atoms with Gasteiger partial charge in [0.25, 0.3) is 11.7 Å². The molecule has 21 heavy (non-hydrogen) atoms. The van der Waals surface area contributed by atoms with Gasteiger partial charge >= 0.3 is 0 Å². The highest BCUT2D eigenvalue weighted by molar-refractivity contribution is 6.30. The van der Waals surface area contributed by atoms with Crippen molar-refractivity contribution in [2.45, 2.75) is 6.54 Å². The van der Waals surface area contributed by atoms with Crippen LogP contribution in [0.4, 0.5) is 0 Å². The number of nitrogens with zero attached hydrogens (tertiary/aromatic N) is 1. The highest BCUT2D eigenvalue weighted by Gasteiger charge is 2.25. The van der Waals surface area contributed by atoms with Gasteiger partial charge in [-0.3, -0.25) is 10.5 Å². The minimum atomic E-state index is -0.211. The van der Waals surface area contributed by atoms with Crippen molar-refractivity contribution in [2.75, 3.05) is 0 Å². The van der Waals surface area contributed by atoms with E-state index in [2.05, 4.69) is 5.43 Å². The zero-order valence-corrected chi connectivity index (χ0v) is 13.4. The molecule has 2 aromatic rings. The Balaban J connectivity index is 0.00000161. The van der Waals surface area contributed by atoms with E-state index in [4.69, 9.17) is 17.3 Å². The Labute approximate surface area is 138 Å². The maximum Gasteiger partial charge on any atom is 0.299 e. The molecule has 3 rings (SSSR count). The van der Waals surface area contributed by atoms with Crippen LogP contribution in [0.3, 0.4) is 0 Å². The van der Waals surface area contributed by atoms with Gasteiger partial charge in [-0.2, -0.15) is 10.1 Å². The molecule has 108 valence electrons. The van der Waals surface area contributed by atoms with Crippen LogP contribution in [-0.4, -0.2) is 16.4 Å². The number of halogens is 2. The van der Waals surface area contributed by atoms with Crippen LogP contribution in [-0.2, 0) is 6.54 Å². The van der Waals surface area contributed by atoms with E-state index in [-0.39, 0.29) is 22.9 Å². The van der Waals surface area contributed by atoms with Gasteiger partial charge in [0.1, 0.15) is 6.54 Å². The highest BCUT2D eigenvalue weighted by atomic mass is 79.9. The Kier molecular flexibility index (Phi) is 4.65. The number of hydrogen-bond donors (Lipinski definition) is 2. The lowest BCUT2D eigenvalue weighted by molar-refractivity contribution is -0.584. The summed E-state index contributed by atoms with van der Waals surface area (Å²) in [6, 6.07) is 14.5. The molecule has 0 saturated carbocycles. The largest absolute Gasteiger partial charge is 1.00 e. The second kappa shape index (κ2) is 6.28. The van der Waals surface area contributed by atoms with Gasteiger partial charge in [0, 0.05) is 16.1 Å². The number of amidine groups is 1. The molecule has 2 aromatic carbocycles. The molecule has 4 nitrogen and oxygen atoms in total. The summed E-state index contributed by atoms with van der Waals surface area (Å²) in [5, 5.41) is 0.598. The third kappa shape index (κ3) is 3.09. The van der Waals surface area contributed by atoms with Gasteiger partial charge in [0.15, 0.2) is 0 Å². The first-order chi connectivity index (χ1) is 9.65. The number of nitrogens with two attached hydrogens (primary N) is 1. The Morgan fingerprint density at radius 1 is 1.14 bits per heavy atom. The topological polar surface area (TPSA) is 58.1 Å². The molecule has 0 aliphatic carbocycles. The van der Waals surface area contributed by atoms with E-state index in [9.17, 15) is 4.79 Å². The first-order valence-corrected chi connectivity index (χ1v) is 6.58. The quantitative estimate of drug-likeness (QED) is 0.665. The summed E-state index contributed by atoms with van der Waals surface area (Å²) in [5.74, 6) is 0.348. The molecule has 0 radical (unpaired) electrons. The van der Waals surface area contributed by atoms with E-state index in [1.165, 1.54) is 0 Å². The fourth-order valence-electron chi connectivity index (χ4n) is 2.20. The summed E-state index contributed by atoms with van der Waals surface area (Å²) in [7, 11) is 0. The molecule has 0 fully saturated rings. The third-order valence-electron chi connectivity index (χ3n) is 3.26. The van der Waals surface area contributed by atoms with Crippen molar-refractivity contribution >= 4 is 23.3 Å². The minimum absolute atomic E-state index is 0. The third-order valence-corrected chi connectivity index (χ3v) is 3.51. The second-order valence-electron chi connectivity index (χ2n) is 4.58. The minimum Gasteiger partial charge on any atom is -1.00 e. The van der Waals surface area contributed by atoms with E-state index in [0.29, 0.717) is 23.0 Å². The number of carbonyl (C=O) groups is 1. The molecular formula is C15H13BrClN3O. The maximum atomic E-state index is 12.1. The van der Waals surface area contributed by atoms with E-state index < -0.39 is 0 Å². The molecule has 6 heteroatoms. The molecule has 1 heterocycles. The van der Waals surface area contributed by atoms with Crippen LogP contribution < -0.4 is 28.1 Å². The van der Waals surface area contributed by atoms with Gasteiger partial charge in [-0.1, -0.05) is 29.8 Å². The van der Waals surface area contributed by atoms with Gasteiger partial charge < -0.3 is 17.0 Å². The predicted molar refractivity (Wildman–Crippen MR) is 77.6 cm³/mol. The summed E-state index contributed by atoms with van der Waals surface area (Å²) in [5.41, 5.74) is 11.4. The van der Waals surface area contributed by atoms with Gasteiger partial charge in [0.05, 0.1) is 5.56 Å². The van der Waals surface area contributed by atoms with Crippen molar-refractivity contribution < 1.29 is 26.5 Å². The molecular weight excluding hydrogens is 354 g/mol. The summed E-state index contributed by atoms with van der Waals surface area (Å²) in [6.45, 7) is 0.571. The summed E-state index contributed by atoms with van der Waals surface area (Å²) >= 11 is 5.80. The van der Waals surface area contributed by atoms with Gasteiger partial charge in [-0.05, 0) is 30.3 Å². The number of benzene rings is 2.